The van der Waals surface area contributed by atoms with Crippen molar-refractivity contribution in [1.82, 2.24) is 0 Å². The Labute approximate surface area is 85.3 Å². The van der Waals surface area contributed by atoms with Crippen LogP contribution >= 0.6 is 24.4 Å². The fourth-order valence-corrected chi connectivity index (χ4v) is 3.61. The van der Waals surface area contributed by atoms with Gasteiger partial charge in [-0.1, -0.05) is 13.3 Å². The molecular weight excluding hydrogens is 184 g/mol. The summed E-state index contributed by atoms with van der Waals surface area (Å²) >= 11 is 6.87. The van der Waals surface area contributed by atoms with E-state index >= 15 is 0 Å². The maximum absolute atomic E-state index is 4.73. The van der Waals surface area contributed by atoms with Gasteiger partial charge in [-0.2, -0.15) is 24.4 Å². The van der Waals surface area contributed by atoms with E-state index in [-0.39, 0.29) is 0 Å². The number of thioether (sulfide) groups is 1. The summed E-state index contributed by atoms with van der Waals surface area (Å²) in [5.41, 5.74) is 0. The highest BCUT2D eigenvalue weighted by molar-refractivity contribution is 8.07. The Balaban J connectivity index is 1.99. The molecule has 0 aromatic rings. The average molecular weight is 202 g/mol. The molecule has 12 heavy (non-hydrogen) atoms. The molecule has 2 aliphatic rings. The lowest BCUT2D eigenvalue weighted by atomic mass is 9.76. The van der Waals surface area contributed by atoms with E-state index < -0.39 is 0 Å². The van der Waals surface area contributed by atoms with Crippen molar-refractivity contribution in [2.24, 2.45) is 5.92 Å². The van der Waals surface area contributed by atoms with Crippen LogP contribution in [0.4, 0.5) is 0 Å². The summed E-state index contributed by atoms with van der Waals surface area (Å²) in [4.78, 5) is 0. The second-order valence-electron chi connectivity index (χ2n) is 4.89. The lowest BCUT2D eigenvalue weighted by Gasteiger charge is -2.37. The van der Waals surface area contributed by atoms with Crippen molar-refractivity contribution < 1.29 is 0 Å². The largest absolute Gasteiger partial charge is 0.173 e. The van der Waals surface area contributed by atoms with Gasteiger partial charge in [0.25, 0.3) is 0 Å². The quantitative estimate of drug-likeness (QED) is 0.502. The third kappa shape index (κ3) is 1.79. The molecule has 1 saturated carbocycles. The van der Waals surface area contributed by atoms with Crippen molar-refractivity contribution >= 4 is 24.4 Å². The molecule has 2 heteroatoms. The minimum Gasteiger partial charge on any atom is -0.173 e. The summed E-state index contributed by atoms with van der Waals surface area (Å²) in [6, 6.07) is 0. The maximum Gasteiger partial charge on any atom is 0.0251 e. The third-order valence-electron chi connectivity index (χ3n) is 3.42. The lowest BCUT2D eigenvalue weighted by Crippen LogP contribution is -2.33. The molecule has 1 heterocycles. The van der Waals surface area contributed by atoms with E-state index in [1.807, 2.05) is 0 Å². The van der Waals surface area contributed by atoms with Gasteiger partial charge in [0.1, 0.15) is 0 Å². The molecule has 0 nitrogen and oxygen atoms in total. The summed E-state index contributed by atoms with van der Waals surface area (Å²) in [6.07, 6.45) is 5.48. The van der Waals surface area contributed by atoms with Crippen LogP contribution in [-0.2, 0) is 0 Å². The van der Waals surface area contributed by atoms with Crippen LogP contribution in [0, 0.1) is 5.92 Å². The highest BCUT2D eigenvalue weighted by Crippen LogP contribution is 2.56. The minimum absolute atomic E-state index is 0.328. The molecule has 0 aromatic carbocycles. The summed E-state index contributed by atoms with van der Waals surface area (Å²) in [6.45, 7) is 4.73. The number of hydrogen-bond acceptors (Lipinski definition) is 2. The molecule has 0 N–H and O–H groups in total. The van der Waals surface area contributed by atoms with Crippen molar-refractivity contribution in [1.29, 1.82) is 0 Å². The zero-order valence-electron chi connectivity index (χ0n) is 7.97. The predicted molar refractivity (Wildman–Crippen MR) is 60.2 cm³/mol. The van der Waals surface area contributed by atoms with Gasteiger partial charge in [-0.05, 0) is 32.1 Å². The smallest absolute Gasteiger partial charge is 0.0251 e. The highest BCUT2D eigenvalue weighted by Gasteiger charge is 2.48. The van der Waals surface area contributed by atoms with E-state index in [2.05, 4.69) is 25.6 Å². The molecule has 1 aliphatic carbocycles. The zero-order valence-corrected chi connectivity index (χ0v) is 9.68. The van der Waals surface area contributed by atoms with Gasteiger partial charge in [-0.15, -0.1) is 0 Å². The van der Waals surface area contributed by atoms with Gasteiger partial charge in [-0.25, -0.2) is 0 Å². The Morgan fingerprint density at radius 3 is 2.58 bits per heavy atom. The molecule has 1 saturated heterocycles. The Bertz CT molecular complexity index is 182. The Hall–Kier alpha value is 0.700. The number of rotatable bonds is 1. The monoisotopic (exact) mass is 202 g/mol. The molecule has 1 aliphatic heterocycles. The third-order valence-corrected chi connectivity index (χ3v) is 5.36. The van der Waals surface area contributed by atoms with Crippen molar-refractivity contribution in [2.45, 2.75) is 49.0 Å². The van der Waals surface area contributed by atoms with Crippen molar-refractivity contribution in [3.63, 3.8) is 0 Å². The molecule has 3 atom stereocenters. The van der Waals surface area contributed by atoms with Gasteiger partial charge in [0.05, 0.1) is 0 Å². The molecule has 0 spiro atoms. The number of hydrogen-bond donors (Lipinski definition) is 1. The van der Waals surface area contributed by atoms with Crippen molar-refractivity contribution in [2.75, 3.05) is 5.75 Å². The SMILES string of the molecule is CC1(S)CCCC(C2(C)CS2)C1. The average Bonchev–Trinajstić information content (AvgIpc) is 2.67. The van der Waals surface area contributed by atoms with Gasteiger partial charge >= 0.3 is 0 Å². The van der Waals surface area contributed by atoms with E-state index in [0.717, 1.165) is 5.92 Å². The van der Waals surface area contributed by atoms with Gasteiger partial charge in [0.15, 0.2) is 0 Å². The molecule has 2 fully saturated rings. The van der Waals surface area contributed by atoms with E-state index in [1.165, 1.54) is 31.4 Å². The van der Waals surface area contributed by atoms with Gasteiger partial charge < -0.3 is 0 Å². The molecule has 0 aromatic heterocycles. The van der Waals surface area contributed by atoms with Crippen LogP contribution in [0.25, 0.3) is 0 Å². The van der Waals surface area contributed by atoms with E-state index in [9.17, 15) is 0 Å². The zero-order chi connectivity index (χ0) is 8.82. The second-order valence-corrected chi connectivity index (χ2v) is 7.48. The van der Waals surface area contributed by atoms with Crippen molar-refractivity contribution in [3.05, 3.63) is 0 Å². The second kappa shape index (κ2) is 2.84. The summed E-state index contributed by atoms with van der Waals surface area (Å²) in [7, 11) is 0. The van der Waals surface area contributed by atoms with Crippen LogP contribution in [0.2, 0.25) is 0 Å². The predicted octanol–water partition coefficient (Wildman–Crippen LogP) is 3.37. The first kappa shape index (κ1) is 9.26. The summed E-state index contributed by atoms with van der Waals surface area (Å²) in [5, 5.41) is 0. The van der Waals surface area contributed by atoms with Crippen LogP contribution in [0.5, 0.6) is 0 Å². The molecule has 2 rings (SSSR count). The molecule has 0 bridgehead atoms. The molecular formula is C10H18S2. The normalized spacial score (nSPS) is 53.8. The first-order valence-electron chi connectivity index (χ1n) is 4.88. The number of thiol groups is 1. The molecule has 70 valence electrons. The minimum atomic E-state index is 0.328. The van der Waals surface area contributed by atoms with Crippen LogP contribution in [0.3, 0.4) is 0 Å². The Kier molecular flexibility index (Phi) is 2.20. The van der Waals surface area contributed by atoms with Crippen LogP contribution in [0.15, 0.2) is 0 Å². The summed E-state index contributed by atoms with van der Waals surface area (Å²) < 4.78 is 0.972. The summed E-state index contributed by atoms with van der Waals surface area (Å²) in [5.74, 6) is 2.33. The molecule has 0 radical (unpaired) electrons. The van der Waals surface area contributed by atoms with Crippen LogP contribution in [0.1, 0.15) is 39.5 Å². The highest BCUT2D eigenvalue weighted by atomic mass is 32.2. The molecule has 3 unspecified atom stereocenters. The molecule has 0 amide bonds. The van der Waals surface area contributed by atoms with E-state index in [0.29, 0.717) is 9.49 Å². The van der Waals surface area contributed by atoms with E-state index in [1.54, 1.807) is 0 Å². The van der Waals surface area contributed by atoms with Gasteiger partial charge in [-0.3, -0.25) is 0 Å². The Morgan fingerprint density at radius 2 is 2.08 bits per heavy atom. The standard InChI is InChI=1S/C10H18S2/c1-9(11)5-3-4-8(6-9)10(2)7-12-10/h8,11H,3-7H2,1-2H3. The van der Waals surface area contributed by atoms with Crippen molar-refractivity contribution in [3.8, 4) is 0 Å². The van der Waals surface area contributed by atoms with E-state index in [4.69, 9.17) is 12.6 Å². The van der Waals surface area contributed by atoms with Gasteiger partial charge in [0, 0.05) is 15.2 Å². The van der Waals surface area contributed by atoms with Crippen LogP contribution < -0.4 is 0 Å². The topological polar surface area (TPSA) is 0 Å². The first-order chi connectivity index (χ1) is 5.52. The maximum atomic E-state index is 4.73. The Morgan fingerprint density at radius 1 is 1.42 bits per heavy atom. The fraction of sp³-hybridized carbons (Fsp3) is 1.00. The van der Waals surface area contributed by atoms with Crippen LogP contribution in [-0.4, -0.2) is 15.2 Å². The first-order valence-corrected chi connectivity index (χ1v) is 6.32. The lowest BCUT2D eigenvalue weighted by molar-refractivity contribution is 0.283. The fourth-order valence-electron chi connectivity index (χ4n) is 2.34. The van der Waals surface area contributed by atoms with Gasteiger partial charge in [0.2, 0.25) is 0 Å².